The molecule has 10 heteroatoms. The number of rotatable bonds is 6. The number of hydrogen-bond donors (Lipinski definition) is 2. The summed E-state index contributed by atoms with van der Waals surface area (Å²) < 4.78 is 38.0. The number of amides is 3. The van der Waals surface area contributed by atoms with Crippen molar-refractivity contribution in [2.45, 2.75) is 57.9 Å². The number of piperidine rings is 1. The fourth-order valence-corrected chi connectivity index (χ4v) is 4.37. The molecule has 1 saturated heterocycles. The van der Waals surface area contributed by atoms with Crippen LogP contribution >= 0.6 is 0 Å². The van der Waals surface area contributed by atoms with Crippen molar-refractivity contribution in [3.63, 3.8) is 0 Å². The van der Waals surface area contributed by atoms with Gasteiger partial charge in [-0.1, -0.05) is 13.8 Å². The van der Waals surface area contributed by atoms with E-state index in [0.717, 1.165) is 0 Å². The minimum absolute atomic E-state index is 0.0527. The highest BCUT2D eigenvalue weighted by atomic mass is 19.4. The fourth-order valence-electron chi connectivity index (χ4n) is 4.37. The van der Waals surface area contributed by atoms with Gasteiger partial charge in [-0.05, 0) is 42.9 Å². The summed E-state index contributed by atoms with van der Waals surface area (Å²) in [4.78, 5) is 49.3. The van der Waals surface area contributed by atoms with Crippen molar-refractivity contribution in [2.24, 2.45) is 23.2 Å². The monoisotopic (exact) mass is 403 g/mol. The van der Waals surface area contributed by atoms with E-state index in [1.54, 1.807) is 0 Å². The number of nitrogens with zero attached hydrogens (tertiary/aromatic N) is 1. The maximum absolute atomic E-state index is 13.0. The highest BCUT2D eigenvalue weighted by Gasteiger charge is 2.69. The molecule has 0 radical (unpaired) electrons. The molecule has 5 atom stereocenters. The topological polar surface area (TPSA) is 95.6 Å². The maximum atomic E-state index is 13.0. The van der Waals surface area contributed by atoms with Crippen molar-refractivity contribution in [1.29, 1.82) is 0 Å². The van der Waals surface area contributed by atoms with Crippen molar-refractivity contribution < 1.29 is 32.3 Å². The summed E-state index contributed by atoms with van der Waals surface area (Å²) in [5, 5.41) is 4.35. The number of halogens is 3. The van der Waals surface area contributed by atoms with Gasteiger partial charge in [-0.15, -0.1) is 0 Å². The Morgan fingerprint density at radius 1 is 1.18 bits per heavy atom. The second kappa shape index (κ2) is 6.73. The summed E-state index contributed by atoms with van der Waals surface area (Å²) in [6.45, 7) is 5.68. The third-order valence-electron chi connectivity index (χ3n) is 6.24. The van der Waals surface area contributed by atoms with Crippen LogP contribution in [0.2, 0.25) is 0 Å². The minimum Gasteiger partial charge on any atom is -0.345 e. The predicted octanol–water partition coefficient (Wildman–Crippen LogP) is 0.630. The Morgan fingerprint density at radius 3 is 2.29 bits per heavy atom. The number of hydrogen-bond acceptors (Lipinski definition) is 4. The number of likely N-dealkylation sites (tertiary alicyclic amines) is 1. The highest BCUT2D eigenvalue weighted by Crippen LogP contribution is 2.65. The molecule has 1 heterocycles. The van der Waals surface area contributed by atoms with Crippen LogP contribution in [0.15, 0.2) is 0 Å². The van der Waals surface area contributed by atoms with Gasteiger partial charge in [0.05, 0.1) is 6.04 Å². The number of nitrogens with one attached hydrogen (secondary N) is 2. The highest BCUT2D eigenvalue weighted by molar-refractivity contribution is 5.95. The van der Waals surface area contributed by atoms with E-state index in [9.17, 15) is 32.3 Å². The molecule has 2 N–H and O–H groups in total. The molecule has 1 unspecified atom stereocenters. The SMILES string of the molecule is C[C@@H](C=O)NC(=O)[C@@H]1[C@@H]2C(CN1C(=O)[C@@H](NC(=O)C(F)(F)F)C1CC1)C2(C)C. The number of carbonyl (C=O) groups excluding carboxylic acids is 4. The fraction of sp³-hybridized carbons (Fsp3) is 0.778. The molecule has 2 saturated carbocycles. The lowest BCUT2D eigenvalue weighted by molar-refractivity contribution is -0.175. The Labute approximate surface area is 160 Å². The van der Waals surface area contributed by atoms with Gasteiger partial charge in [0.15, 0.2) is 0 Å². The maximum Gasteiger partial charge on any atom is 0.471 e. The Morgan fingerprint density at radius 2 is 1.79 bits per heavy atom. The molecule has 28 heavy (non-hydrogen) atoms. The van der Waals surface area contributed by atoms with E-state index in [1.807, 2.05) is 19.2 Å². The summed E-state index contributed by atoms with van der Waals surface area (Å²) in [5.41, 5.74) is -0.173. The summed E-state index contributed by atoms with van der Waals surface area (Å²) in [7, 11) is 0. The zero-order chi connectivity index (χ0) is 21.0. The van der Waals surface area contributed by atoms with Gasteiger partial charge in [0, 0.05) is 6.54 Å². The van der Waals surface area contributed by atoms with Gasteiger partial charge >= 0.3 is 12.1 Å². The van der Waals surface area contributed by atoms with Crippen LogP contribution in [0.1, 0.15) is 33.6 Å². The average molecular weight is 403 g/mol. The molecule has 0 aromatic carbocycles. The van der Waals surface area contributed by atoms with Crippen LogP contribution in [0, 0.1) is 23.2 Å². The van der Waals surface area contributed by atoms with Crippen LogP contribution < -0.4 is 10.6 Å². The quantitative estimate of drug-likeness (QED) is 0.636. The molecular weight excluding hydrogens is 379 g/mol. The Bertz CT molecular complexity index is 705. The predicted molar refractivity (Wildman–Crippen MR) is 90.6 cm³/mol. The average Bonchev–Trinajstić information content (AvgIpc) is 3.46. The first kappa shape index (κ1) is 20.6. The molecule has 3 aliphatic rings. The normalized spacial score (nSPS) is 30.1. The van der Waals surface area contributed by atoms with E-state index in [0.29, 0.717) is 19.1 Å². The molecule has 156 valence electrons. The third-order valence-corrected chi connectivity index (χ3v) is 6.24. The first-order chi connectivity index (χ1) is 12.9. The van der Waals surface area contributed by atoms with Crippen LogP contribution in [0.5, 0.6) is 0 Å². The smallest absolute Gasteiger partial charge is 0.345 e. The molecule has 0 spiro atoms. The summed E-state index contributed by atoms with van der Waals surface area (Å²) in [5.74, 6) is -3.76. The number of alkyl halides is 3. The van der Waals surface area contributed by atoms with Crippen molar-refractivity contribution in [1.82, 2.24) is 15.5 Å². The summed E-state index contributed by atoms with van der Waals surface area (Å²) in [6, 6.07) is -2.90. The number of carbonyl (C=O) groups is 4. The van der Waals surface area contributed by atoms with Crippen LogP contribution in [-0.2, 0) is 19.2 Å². The van der Waals surface area contributed by atoms with E-state index in [4.69, 9.17) is 0 Å². The minimum atomic E-state index is -5.08. The third kappa shape index (κ3) is 3.60. The van der Waals surface area contributed by atoms with Gasteiger partial charge in [0.2, 0.25) is 11.8 Å². The zero-order valence-corrected chi connectivity index (χ0v) is 15.9. The second-order valence-corrected chi connectivity index (χ2v) is 8.61. The Kier molecular flexibility index (Phi) is 4.95. The number of fused-ring (bicyclic) bond motifs is 1. The second-order valence-electron chi connectivity index (χ2n) is 8.61. The molecular formula is C18H24F3N3O4. The molecule has 3 rings (SSSR count). The summed E-state index contributed by atoms with van der Waals surface area (Å²) in [6.07, 6.45) is -3.44. The van der Waals surface area contributed by atoms with Gasteiger partial charge in [0.1, 0.15) is 18.4 Å². The van der Waals surface area contributed by atoms with Crippen molar-refractivity contribution in [2.75, 3.05) is 6.54 Å². The zero-order valence-electron chi connectivity index (χ0n) is 15.9. The van der Waals surface area contributed by atoms with Gasteiger partial charge in [-0.3, -0.25) is 14.4 Å². The van der Waals surface area contributed by atoms with Gasteiger partial charge < -0.3 is 20.3 Å². The lowest BCUT2D eigenvalue weighted by atomic mass is 9.99. The molecule has 1 aliphatic heterocycles. The molecule has 3 fully saturated rings. The van der Waals surface area contributed by atoms with Gasteiger partial charge in [0.25, 0.3) is 0 Å². The lowest BCUT2D eigenvalue weighted by Gasteiger charge is -2.33. The van der Waals surface area contributed by atoms with E-state index in [-0.39, 0.29) is 29.7 Å². The van der Waals surface area contributed by atoms with E-state index in [1.165, 1.54) is 11.8 Å². The summed E-state index contributed by atoms with van der Waals surface area (Å²) >= 11 is 0. The van der Waals surface area contributed by atoms with E-state index < -0.39 is 42.0 Å². The van der Waals surface area contributed by atoms with Crippen LogP contribution in [-0.4, -0.2) is 59.8 Å². The van der Waals surface area contributed by atoms with Crippen molar-refractivity contribution in [3.8, 4) is 0 Å². The molecule has 3 amide bonds. The molecule has 0 aromatic heterocycles. The van der Waals surface area contributed by atoms with E-state index >= 15 is 0 Å². The lowest BCUT2D eigenvalue weighted by Crippen LogP contribution is -2.58. The first-order valence-corrected chi connectivity index (χ1v) is 9.33. The standard InChI is InChI=1S/C18H24F3N3O4/c1-8(7-25)22-14(26)13-11-10(17(11,2)3)6-24(13)15(27)12(9-4-5-9)23-16(28)18(19,20)21/h7-13H,4-6H2,1-3H3,(H,22,26)(H,23,28)/t8-,10?,11-,12-,13-/m0/s1. The molecule has 0 aromatic rings. The Hall–Kier alpha value is -2.13. The van der Waals surface area contributed by atoms with E-state index in [2.05, 4.69) is 5.32 Å². The van der Waals surface area contributed by atoms with Crippen LogP contribution in [0.4, 0.5) is 13.2 Å². The van der Waals surface area contributed by atoms with Crippen molar-refractivity contribution in [3.05, 3.63) is 0 Å². The van der Waals surface area contributed by atoms with Crippen LogP contribution in [0.3, 0.4) is 0 Å². The molecule has 7 nitrogen and oxygen atoms in total. The Balaban J connectivity index is 1.79. The van der Waals surface area contributed by atoms with Gasteiger partial charge in [-0.2, -0.15) is 13.2 Å². The van der Waals surface area contributed by atoms with Crippen LogP contribution in [0.25, 0.3) is 0 Å². The molecule has 2 aliphatic carbocycles. The first-order valence-electron chi connectivity index (χ1n) is 9.33. The van der Waals surface area contributed by atoms with Crippen molar-refractivity contribution >= 4 is 24.0 Å². The molecule has 0 bridgehead atoms. The number of aldehydes is 1. The largest absolute Gasteiger partial charge is 0.471 e. The van der Waals surface area contributed by atoms with Gasteiger partial charge in [-0.25, -0.2) is 0 Å².